The summed E-state index contributed by atoms with van der Waals surface area (Å²) in [6.07, 6.45) is 0.899. The number of aromatic nitrogens is 1. The number of hydrogen-bond donors (Lipinski definition) is 1. The van der Waals surface area contributed by atoms with E-state index in [0.29, 0.717) is 36.9 Å². The quantitative estimate of drug-likeness (QED) is 0.641. The lowest BCUT2D eigenvalue weighted by molar-refractivity contribution is -0.143. The Bertz CT molecular complexity index is 651. The summed E-state index contributed by atoms with van der Waals surface area (Å²) in [6.45, 7) is 2.63. The summed E-state index contributed by atoms with van der Waals surface area (Å²) in [5.74, 6) is -0.234. The van der Waals surface area contributed by atoms with Gasteiger partial charge in [-0.15, -0.1) is 0 Å². The van der Waals surface area contributed by atoms with Gasteiger partial charge in [0.05, 0.1) is 17.5 Å². The standard InChI is InChI=1S/C14H16N2O4/c1-2-19-12(17)8-5-9-15-14-16-11-7-4-3-6-10(11)13(18)20-14/h3-4,6-7H,2,5,8-9H2,1H3,(H,15,16). The number of para-hydroxylation sites is 1. The Kier molecular flexibility index (Phi) is 4.70. The van der Waals surface area contributed by atoms with E-state index in [2.05, 4.69) is 10.3 Å². The highest BCUT2D eigenvalue weighted by Crippen LogP contribution is 2.10. The first-order valence-electron chi connectivity index (χ1n) is 6.50. The van der Waals surface area contributed by atoms with Crippen LogP contribution in [0, 0.1) is 0 Å². The first kappa shape index (κ1) is 14.0. The molecule has 2 aromatic rings. The van der Waals surface area contributed by atoms with Crippen LogP contribution in [-0.2, 0) is 9.53 Å². The van der Waals surface area contributed by atoms with Gasteiger partial charge >= 0.3 is 11.6 Å². The predicted octanol–water partition coefficient (Wildman–Crippen LogP) is 1.94. The topological polar surface area (TPSA) is 81.4 Å². The Morgan fingerprint density at radius 3 is 3.00 bits per heavy atom. The summed E-state index contributed by atoms with van der Waals surface area (Å²) in [5.41, 5.74) is 0.153. The van der Waals surface area contributed by atoms with E-state index >= 15 is 0 Å². The second-order valence-electron chi connectivity index (χ2n) is 4.16. The number of rotatable bonds is 6. The maximum atomic E-state index is 11.7. The van der Waals surface area contributed by atoms with Gasteiger partial charge in [0.25, 0.3) is 6.01 Å². The molecule has 0 radical (unpaired) electrons. The van der Waals surface area contributed by atoms with Gasteiger partial charge in [0, 0.05) is 13.0 Å². The lowest BCUT2D eigenvalue weighted by atomic mass is 10.2. The zero-order chi connectivity index (χ0) is 14.4. The van der Waals surface area contributed by atoms with E-state index < -0.39 is 5.63 Å². The molecule has 1 aromatic heterocycles. The van der Waals surface area contributed by atoms with Crippen molar-refractivity contribution in [3.8, 4) is 0 Å². The van der Waals surface area contributed by atoms with Gasteiger partial charge in [-0.05, 0) is 25.5 Å². The van der Waals surface area contributed by atoms with Crippen LogP contribution in [0.5, 0.6) is 0 Å². The minimum absolute atomic E-state index is 0.164. The first-order valence-corrected chi connectivity index (χ1v) is 6.50. The van der Waals surface area contributed by atoms with E-state index in [9.17, 15) is 9.59 Å². The van der Waals surface area contributed by atoms with Crippen LogP contribution in [0.4, 0.5) is 6.01 Å². The molecule has 6 nitrogen and oxygen atoms in total. The van der Waals surface area contributed by atoms with Crippen LogP contribution in [-0.4, -0.2) is 24.1 Å². The average molecular weight is 276 g/mol. The van der Waals surface area contributed by atoms with Crippen LogP contribution in [0.1, 0.15) is 19.8 Å². The van der Waals surface area contributed by atoms with Crippen molar-refractivity contribution in [2.24, 2.45) is 0 Å². The fourth-order valence-electron chi connectivity index (χ4n) is 1.76. The second-order valence-corrected chi connectivity index (χ2v) is 4.16. The molecule has 0 unspecified atom stereocenters. The third-order valence-corrected chi connectivity index (χ3v) is 2.67. The lowest BCUT2D eigenvalue weighted by Crippen LogP contribution is -2.11. The van der Waals surface area contributed by atoms with Gasteiger partial charge < -0.3 is 14.5 Å². The molecule has 0 amide bonds. The van der Waals surface area contributed by atoms with Crippen molar-refractivity contribution >= 4 is 22.9 Å². The van der Waals surface area contributed by atoms with Gasteiger partial charge in [-0.3, -0.25) is 4.79 Å². The van der Waals surface area contributed by atoms with Crippen LogP contribution in [0.25, 0.3) is 10.9 Å². The molecule has 0 aliphatic rings. The Labute approximate surface area is 115 Å². The highest BCUT2D eigenvalue weighted by atomic mass is 16.5. The molecule has 6 heteroatoms. The fourth-order valence-corrected chi connectivity index (χ4v) is 1.76. The molecule has 0 fully saturated rings. The maximum Gasteiger partial charge on any atom is 0.348 e. The number of carbonyl (C=O) groups excluding carboxylic acids is 1. The number of ether oxygens (including phenoxy) is 1. The molecule has 20 heavy (non-hydrogen) atoms. The smallest absolute Gasteiger partial charge is 0.348 e. The highest BCUT2D eigenvalue weighted by molar-refractivity contribution is 5.77. The monoisotopic (exact) mass is 276 g/mol. The lowest BCUT2D eigenvalue weighted by Gasteiger charge is -2.04. The maximum absolute atomic E-state index is 11.7. The Morgan fingerprint density at radius 2 is 2.20 bits per heavy atom. The second kappa shape index (κ2) is 6.70. The molecule has 0 aliphatic heterocycles. The molecule has 1 heterocycles. The molecular formula is C14H16N2O4. The van der Waals surface area contributed by atoms with Crippen molar-refractivity contribution in [2.45, 2.75) is 19.8 Å². The molecule has 106 valence electrons. The van der Waals surface area contributed by atoms with Crippen molar-refractivity contribution in [2.75, 3.05) is 18.5 Å². The largest absolute Gasteiger partial charge is 0.466 e. The van der Waals surface area contributed by atoms with Gasteiger partial charge in [0.15, 0.2) is 0 Å². The third-order valence-electron chi connectivity index (χ3n) is 2.67. The zero-order valence-electron chi connectivity index (χ0n) is 11.2. The van der Waals surface area contributed by atoms with Crippen molar-refractivity contribution in [3.05, 3.63) is 34.7 Å². The number of carbonyl (C=O) groups is 1. The Morgan fingerprint density at radius 1 is 1.40 bits per heavy atom. The first-order chi connectivity index (χ1) is 9.70. The van der Waals surface area contributed by atoms with E-state index in [0.717, 1.165) is 0 Å². The zero-order valence-corrected chi connectivity index (χ0v) is 11.2. The van der Waals surface area contributed by atoms with Gasteiger partial charge in [0.1, 0.15) is 0 Å². The summed E-state index contributed by atoms with van der Waals surface area (Å²) >= 11 is 0. The van der Waals surface area contributed by atoms with E-state index in [1.54, 1.807) is 31.2 Å². The van der Waals surface area contributed by atoms with Crippen LogP contribution >= 0.6 is 0 Å². The minimum Gasteiger partial charge on any atom is -0.466 e. The van der Waals surface area contributed by atoms with E-state index in [1.165, 1.54) is 0 Å². The molecule has 0 saturated heterocycles. The van der Waals surface area contributed by atoms with Crippen LogP contribution in [0.15, 0.2) is 33.5 Å². The number of hydrogen-bond acceptors (Lipinski definition) is 6. The van der Waals surface area contributed by atoms with Crippen molar-refractivity contribution in [1.82, 2.24) is 4.98 Å². The molecule has 0 saturated carbocycles. The van der Waals surface area contributed by atoms with Crippen LogP contribution in [0.3, 0.4) is 0 Å². The minimum atomic E-state index is -0.427. The summed E-state index contributed by atoms with van der Waals surface area (Å²) in [6, 6.07) is 7.14. The third kappa shape index (κ3) is 3.57. The SMILES string of the molecule is CCOC(=O)CCCNc1nc2ccccc2c(=O)o1. The summed E-state index contributed by atoms with van der Waals surface area (Å²) < 4.78 is 9.87. The Balaban J connectivity index is 1.94. The number of nitrogens with zero attached hydrogens (tertiary/aromatic N) is 1. The highest BCUT2D eigenvalue weighted by Gasteiger charge is 2.06. The molecule has 0 atom stereocenters. The average Bonchev–Trinajstić information content (AvgIpc) is 2.44. The molecular weight excluding hydrogens is 260 g/mol. The van der Waals surface area contributed by atoms with Gasteiger partial charge in [-0.1, -0.05) is 12.1 Å². The molecule has 0 spiro atoms. The molecule has 0 bridgehead atoms. The van der Waals surface area contributed by atoms with Crippen LogP contribution < -0.4 is 10.9 Å². The normalized spacial score (nSPS) is 10.4. The van der Waals surface area contributed by atoms with E-state index in [4.69, 9.17) is 9.15 Å². The number of fused-ring (bicyclic) bond motifs is 1. The number of anilines is 1. The number of nitrogens with one attached hydrogen (secondary N) is 1. The van der Waals surface area contributed by atoms with E-state index in [-0.39, 0.29) is 12.0 Å². The summed E-state index contributed by atoms with van der Waals surface area (Å²) in [5, 5.41) is 3.34. The van der Waals surface area contributed by atoms with Crippen molar-refractivity contribution in [1.29, 1.82) is 0 Å². The van der Waals surface area contributed by atoms with Gasteiger partial charge in [-0.25, -0.2) is 4.79 Å². The summed E-state index contributed by atoms with van der Waals surface area (Å²) in [7, 11) is 0. The van der Waals surface area contributed by atoms with Crippen molar-refractivity contribution in [3.63, 3.8) is 0 Å². The number of esters is 1. The van der Waals surface area contributed by atoms with Crippen molar-refractivity contribution < 1.29 is 13.9 Å². The molecule has 0 aliphatic carbocycles. The molecule has 1 N–H and O–H groups in total. The fraction of sp³-hybridized carbons (Fsp3) is 0.357. The predicted molar refractivity (Wildman–Crippen MR) is 74.6 cm³/mol. The molecule has 1 aromatic carbocycles. The van der Waals surface area contributed by atoms with Crippen LogP contribution in [0.2, 0.25) is 0 Å². The Hall–Kier alpha value is -2.37. The summed E-state index contributed by atoms with van der Waals surface area (Å²) in [4.78, 5) is 27.0. The van der Waals surface area contributed by atoms with E-state index in [1.807, 2.05) is 0 Å². The van der Waals surface area contributed by atoms with Gasteiger partial charge in [-0.2, -0.15) is 4.98 Å². The number of benzene rings is 1. The van der Waals surface area contributed by atoms with Gasteiger partial charge in [0.2, 0.25) is 0 Å². The molecule has 2 rings (SSSR count).